The Hall–Kier alpha value is -2.84. The first-order valence-electron chi connectivity index (χ1n) is 9.48. The number of carbonyl (C=O) groups is 2. The molecule has 0 aromatic heterocycles. The van der Waals surface area contributed by atoms with Crippen molar-refractivity contribution in [2.24, 2.45) is 0 Å². The predicted octanol–water partition coefficient (Wildman–Crippen LogP) is 2.19. The Bertz CT molecular complexity index is 883. The third kappa shape index (κ3) is 5.58. The Morgan fingerprint density at radius 3 is 2.41 bits per heavy atom. The third-order valence-corrected chi connectivity index (χ3v) is 4.91. The number of nitrogens with zero attached hydrogens (tertiary/aromatic N) is 2. The summed E-state index contributed by atoms with van der Waals surface area (Å²) in [7, 11) is 2.09. The lowest BCUT2D eigenvalue weighted by Gasteiger charge is -2.32. The van der Waals surface area contributed by atoms with Gasteiger partial charge >= 0.3 is 0 Å². The van der Waals surface area contributed by atoms with E-state index >= 15 is 0 Å². The minimum absolute atomic E-state index is 0.262. The number of amides is 2. The average molecular weight is 402 g/mol. The monoisotopic (exact) mass is 402 g/mol. The maximum Gasteiger partial charge on any atom is 0.258 e. The molecule has 154 valence electrons. The molecule has 1 heterocycles. The van der Waals surface area contributed by atoms with E-state index in [0.29, 0.717) is 12.6 Å². The zero-order valence-electron chi connectivity index (χ0n) is 16.3. The van der Waals surface area contributed by atoms with Gasteiger partial charge < -0.3 is 15.5 Å². The van der Waals surface area contributed by atoms with Crippen molar-refractivity contribution < 1.29 is 18.4 Å². The van der Waals surface area contributed by atoms with E-state index in [9.17, 15) is 18.4 Å². The maximum atomic E-state index is 13.8. The number of benzene rings is 2. The minimum Gasteiger partial charge on any atom is -0.351 e. The lowest BCUT2D eigenvalue weighted by Crippen LogP contribution is -2.46. The molecule has 3 rings (SSSR count). The molecule has 0 unspecified atom stereocenters. The molecule has 6 nitrogen and oxygen atoms in total. The molecule has 0 atom stereocenters. The number of likely N-dealkylation sites (N-methyl/N-ethyl adjacent to an activating group) is 1. The smallest absolute Gasteiger partial charge is 0.258 e. The highest BCUT2D eigenvalue weighted by atomic mass is 19.1. The summed E-state index contributed by atoms with van der Waals surface area (Å²) in [5.74, 6) is -2.80. The van der Waals surface area contributed by atoms with Gasteiger partial charge in [0.25, 0.3) is 11.8 Å². The first-order chi connectivity index (χ1) is 13.9. The fourth-order valence-electron chi connectivity index (χ4n) is 3.15. The van der Waals surface area contributed by atoms with Crippen LogP contribution in [0, 0.1) is 11.6 Å². The number of hydrogen-bond acceptors (Lipinski definition) is 4. The van der Waals surface area contributed by atoms with Crippen molar-refractivity contribution in [3.8, 4) is 0 Å². The second kappa shape index (κ2) is 9.58. The molecule has 1 aliphatic heterocycles. The molecule has 0 saturated carbocycles. The Labute approximate surface area is 168 Å². The van der Waals surface area contributed by atoms with E-state index in [1.54, 1.807) is 24.3 Å². The number of anilines is 1. The van der Waals surface area contributed by atoms with E-state index in [1.165, 1.54) is 0 Å². The molecule has 8 heteroatoms. The molecule has 0 spiro atoms. The summed E-state index contributed by atoms with van der Waals surface area (Å²) in [5.41, 5.74) is 0.247. The summed E-state index contributed by atoms with van der Waals surface area (Å²) >= 11 is 0. The van der Waals surface area contributed by atoms with Crippen molar-refractivity contribution in [3.63, 3.8) is 0 Å². The van der Waals surface area contributed by atoms with Crippen LogP contribution >= 0.6 is 0 Å². The average Bonchev–Trinajstić information content (AvgIpc) is 2.69. The summed E-state index contributed by atoms with van der Waals surface area (Å²) in [4.78, 5) is 29.5. The van der Waals surface area contributed by atoms with E-state index in [4.69, 9.17) is 0 Å². The molecular formula is C21H24F2N4O2. The van der Waals surface area contributed by atoms with Gasteiger partial charge in [0.1, 0.15) is 11.6 Å². The molecule has 29 heavy (non-hydrogen) atoms. The van der Waals surface area contributed by atoms with E-state index < -0.39 is 17.5 Å². The highest BCUT2D eigenvalue weighted by molar-refractivity contribution is 6.09. The number of halogens is 2. The number of carbonyl (C=O) groups excluding carboxylic acids is 2. The van der Waals surface area contributed by atoms with Gasteiger partial charge in [0.05, 0.1) is 16.8 Å². The van der Waals surface area contributed by atoms with Gasteiger partial charge in [-0.3, -0.25) is 14.5 Å². The standard InChI is InChI=1S/C21H24F2N4O2/c1-26-10-12-27(13-11-26)9-8-24-20(28)17-4-2-3-5-19(17)25-21(29)16-7-6-15(22)14-18(16)23/h2-7,14H,8-13H2,1H3,(H,24,28)(H,25,29). The SMILES string of the molecule is CN1CCN(CCNC(=O)c2ccccc2NC(=O)c2ccc(F)cc2F)CC1. The van der Waals surface area contributed by atoms with Crippen LogP contribution in [0.5, 0.6) is 0 Å². The molecule has 2 amide bonds. The second-order valence-electron chi connectivity index (χ2n) is 7.02. The van der Waals surface area contributed by atoms with Crippen LogP contribution in [0.2, 0.25) is 0 Å². The van der Waals surface area contributed by atoms with Crippen molar-refractivity contribution in [1.29, 1.82) is 0 Å². The summed E-state index contributed by atoms with van der Waals surface area (Å²) in [6.45, 7) is 5.16. The topological polar surface area (TPSA) is 64.7 Å². The van der Waals surface area contributed by atoms with Gasteiger partial charge in [-0.25, -0.2) is 8.78 Å². The van der Waals surface area contributed by atoms with Crippen molar-refractivity contribution >= 4 is 17.5 Å². The van der Waals surface area contributed by atoms with Gasteiger partial charge in [-0.2, -0.15) is 0 Å². The second-order valence-corrected chi connectivity index (χ2v) is 7.02. The van der Waals surface area contributed by atoms with Crippen LogP contribution in [0.3, 0.4) is 0 Å². The highest BCUT2D eigenvalue weighted by Gasteiger charge is 2.18. The fourth-order valence-corrected chi connectivity index (χ4v) is 3.15. The molecule has 1 aliphatic rings. The Kier molecular flexibility index (Phi) is 6.90. The minimum atomic E-state index is -0.961. The van der Waals surface area contributed by atoms with Gasteiger partial charge in [0.15, 0.2) is 0 Å². The number of hydrogen-bond donors (Lipinski definition) is 2. The predicted molar refractivity (Wildman–Crippen MR) is 107 cm³/mol. The Morgan fingerprint density at radius 2 is 1.69 bits per heavy atom. The first kappa shape index (κ1) is 20.9. The molecule has 0 aliphatic carbocycles. The zero-order chi connectivity index (χ0) is 20.8. The van der Waals surface area contributed by atoms with Crippen molar-refractivity contribution in [1.82, 2.24) is 15.1 Å². The summed E-state index contributed by atoms with van der Waals surface area (Å²) in [5, 5.41) is 5.40. The van der Waals surface area contributed by atoms with Crippen LogP contribution < -0.4 is 10.6 Å². The van der Waals surface area contributed by atoms with Crippen molar-refractivity contribution in [2.45, 2.75) is 0 Å². The first-order valence-corrected chi connectivity index (χ1v) is 9.48. The molecule has 1 saturated heterocycles. The fraction of sp³-hybridized carbons (Fsp3) is 0.333. The molecule has 2 N–H and O–H groups in total. The van der Waals surface area contributed by atoms with E-state index in [2.05, 4.69) is 27.5 Å². The van der Waals surface area contributed by atoms with Crippen LogP contribution in [0.15, 0.2) is 42.5 Å². The van der Waals surface area contributed by atoms with Gasteiger partial charge in [0, 0.05) is 45.3 Å². The van der Waals surface area contributed by atoms with E-state index in [0.717, 1.165) is 44.9 Å². The molecule has 2 aromatic rings. The highest BCUT2D eigenvalue weighted by Crippen LogP contribution is 2.18. The van der Waals surface area contributed by atoms with Crippen LogP contribution in [-0.2, 0) is 0 Å². The Balaban J connectivity index is 1.60. The largest absolute Gasteiger partial charge is 0.351 e. The van der Waals surface area contributed by atoms with Crippen LogP contribution in [0.1, 0.15) is 20.7 Å². The number of rotatable bonds is 6. The van der Waals surface area contributed by atoms with Gasteiger partial charge in [-0.15, -0.1) is 0 Å². The van der Waals surface area contributed by atoms with Gasteiger partial charge in [-0.05, 0) is 31.3 Å². The molecule has 2 aromatic carbocycles. The summed E-state index contributed by atoms with van der Waals surface area (Å²) in [6, 6.07) is 9.22. The van der Waals surface area contributed by atoms with E-state index in [1.807, 2.05) is 0 Å². The van der Waals surface area contributed by atoms with Crippen molar-refractivity contribution in [2.75, 3.05) is 51.6 Å². The zero-order valence-corrected chi connectivity index (χ0v) is 16.3. The van der Waals surface area contributed by atoms with Gasteiger partial charge in [-0.1, -0.05) is 12.1 Å². The lowest BCUT2D eigenvalue weighted by atomic mass is 10.1. The van der Waals surface area contributed by atoms with Crippen LogP contribution in [0.25, 0.3) is 0 Å². The molecule has 1 fully saturated rings. The quantitative estimate of drug-likeness (QED) is 0.778. The molecular weight excluding hydrogens is 378 g/mol. The summed E-state index contributed by atoms with van der Waals surface area (Å²) < 4.78 is 26.9. The summed E-state index contributed by atoms with van der Waals surface area (Å²) in [6.07, 6.45) is 0. The van der Waals surface area contributed by atoms with Gasteiger partial charge in [0.2, 0.25) is 0 Å². The number of piperazine rings is 1. The number of para-hydroxylation sites is 1. The lowest BCUT2D eigenvalue weighted by molar-refractivity contribution is 0.0942. The number of nitrogens with one attached hydrogen (secondary N) is 2. The third-order valence-electron chi connectivity index (χ3n) is 4.91. The van der Waals surface area contributed by atoms with Crippen LogP contribution in [0.4, 0.5) is 14.5 Å². The molecule has 0 bridgehead atoms. The molecule has 0 radical (unpaired) electrons. The van der Waals surface area contributed by atoms with Crippen LogP contribution in [-0.4, -0.2) is 67.9 Å². The van der Waals surface area contributed by atoms with Crippen molar-refractivity contribution in [3.05, 3.63) is 65.2 Å². The van der Waals surface area contributed by atoms with E-state index in [-0.39, 0.29) is 22.7 Å². The Morgan fingerprint density at radius 1 is 0.966 bits per heavy atom. The maximum absolute atomic E-state index is 13.8. The normalized spacial score (nSPS) is 15.1.